The van der Waals surface area contributed by atoms with Gasteiger partial charge in [-0.3, -0.25) is 15.0 Å². The van der Waals surface area contributed by atoms with Gasteiger partial charge in [0, 0.05) is 19.5 Å². The quantitative estimate of drug-likeness (QED) is 0.659. The molecule has 2 aliphatic heterocycles. The monoisotopic (exact) mass is 360 g/mol. The molecule has 2 saturated heterocycles. The van der Waals surface area contributed by atoms with Crippen molar-refractivity contribution in [2.45, 2.75) is 45.1 Å². The summed E-state index contributed by atoms with van der Waals surface area (Å²) in [4.78, 5) is 36.5. The number of amides is 4. The molecule has 0 radical (unpaired) electrons. The maximum atomic E-state index is 12.6. The van der Waals surface area contributed by atoms with E-state index in [0.717, 1.165) is 11.3 Å². The van der Waals surface area contributed by atoms with Crippen LogP contribution >= 0.6 is 0 Å². The number of nitrogens with one attached hydrogen (secondary N) is 2. The molecular formula is C14H24N4O5S. The number of rotatable bonds is 5. The van der Waals surface area contributed by atoms with Crippen LogP contribution in [0.1, 0.15) is 39.5 Å². The lowest BCUT2D eigenvalue weighted by Crippen LogP contribution is -2.56. The standard InChI is InChI=1S/C14H24N4O5S/c1-10(2)4-5-11(19)16-18-12(20)14(15-13(18)21)6-8-17(9-7-14)24(3,22)23/h10H,4-9H2,1-3H3,(H,15,21)(H,16,19). The van der Waals surface area contributed by atoms with Gasteiger partial charge in [0.25, 0.3) is 5.91 Å². The molecule has 0 aromatic carbocycles. The topological polar surface area (TPSA) is 116 Å². The molecule has 0 unspecified atom stereocenters. The summed E-state index contributed by atoms with van der Waals surface area (Å²) in [5.74, 6) is -0.582. The van der Waals surface area contributed by atoms with Crippen LogP contribution in [0.3, 0.4) is 0 Å². The van der Waals surface area contributed by atoms with Crippen LogP contribution in [0.4, 0.5) is 4.79 Å². The fourth-order valence-electron chi connectivity index (χ4n) is 2.86. The Bertz CT molecular complexity index is 638. The zero-order valence-corrected chi connectivity index (χ0v) is 15.0. The van der Waals surface area contributed by atoms with E-state index >= 15 is 0 Å². The van der Waals surface area contributed by atoms with E-state index in [1.54, 1.807) is 0 Å². The number of carbonyl (C=O) groups excluding carboxylic acids is 3. The second-order valence-corrected chi connectivity index (χ2v) is 8.76. The Labute approximate surface area is 141 Å². The molecule has 0 bridgehead atoms. The normalized spacial score (nSPS) is 21.4. The molecule has 0 aromatic heterocycles. The molecule has 1 spiro atoms. The van der Waals surface area contributed by atoms with Gasteiger partial charge >= 0.3 is 6.03 Å². The van der Waals surface area contributed by atoms with Crippen LogP contribution in [-0.4, -0.2) is 60.5 Å². The Balaban J connectivity index is 2.00. The second kappa shape index (κ2) is 6.67. The van der Waals surface area contributed by atoms with E-state index in [2.05, 4.69) is 10.7 Å². The summed E-state index contributed by atoms with van der Waals surface area (Å²) in [6, 6.07) is -0.675. The summed E-state index contributed by atoms with van der Waals surface area (Å²) in [7, 11) is -3.33. The molecule has 0 aliphatic carbocycles. The number of imide groups is 1. The summed E-state index contributed by atoms with van der Waals surface area (Å²) in [5.41, 5.74) is 1.21. The zero-order chi connectivity index (χ0) is 18.1. The summed E-state index contributed by atoms with van der Waals surface area (Å²) < 4.78 is 24.4. The Morgan fingerprint density at radius 2 is 1.88 bits per heavy atom. The van der Waals surface area contributed by atoms with Gasteiger partial charge in [0.05, 0.1) is 6.26 Å². The number of hydrogen-bond donors (Lipinski definition) is 2. The minimum absolute atomic E-state index is 0.153. The number of sulfonamides is 1. The summed E-state index contributed by atoms with van der Waals surface area (Å²) in [6.45, 7) is 4.26. The minimum Gasteiger partial charge on any atom is -0.321 e. The van der Waals surface area contributed by atoms with E-state index in [-0.39, 0.29) is 32.4 Å². The highest BCUT2D eigenvalue weighted by atomic mass is 32.2. The molecule has 0 aromatic rings. The molecule has 2 N–H and O–H groups in total. The van der Waals surface area contributed by atoms with Crippen molar-refractivity contribution in [3.63, 3.8) is 0 Å². The molecule has 0 atom stereocenters. The predicted octanol–water partition coefficient (Wildman–Crippen LogP) is -0.200. The average molecular weight is 360 g/mol. The smallest absolute Gasteiger partial charge is 0.321 e. The number of nitrogens with zero attached hydrogens (tertiary/aromatic N) is 2. The number of carbonyl (C=O) groups is 3. The molecule has 2 heterocycles. The highest BCUT2D eigenvalue weighted by Gasteiger charge is 2.53. The lowest BCUT2D eigenvalue weighted by Gasteiger charge is -2.35. The van der Waals surface area contributed by atoms with E-state index in [0.29, 0.717) is 12.3 Å². The van der Waals surface area contributed by atoms with Gasteiger partial charge in [-0.25, -0.2) is 17.5 Å². The van der Waals surface area contributed by atoms with Crippen molar-refractivity contribution in [2.24, 2.45) is 5.92 Å². The lowest BCUT2D eigenvalue weighted by molar-refractivity contribution is -0.140. The first-order valence-corrected chi connectivity index (χ1v) is 9.81. The first-order chi connectivity index (χ1) is 11.0. The maximum absolute atomic E-state index is 12.6. The van der Waals surface area contributed by atoms with Gasteiger partial charge in [-0.1, -0.05) is 13.8 Å². The van der Waals surface area contributed by atoms with Crippen LogP contribution in [0.25, 0.3) is 0 Å². The fourth-order valence-corrected chi connectivity index (χ4v) is 3.71. The average Bonchev–Trinajstić information content (AvgIpc) is 2.69. The van der Waals surface area contributed by atoms with E-state index in [9.17, 15) is 22.8 Å². The summed E-state index contributed by atoms with van der Waals surface area (Å²) >= 11 is 0. The van der Waals surface area contributed by atoms with Gasteiger partial charge in [0.2, 0.25) is 15.9 Å². The van der Waals surface area contributed by atoms with Crippen molar-refractivity contribution < 1.29 is 22.8 Å². The van der Waals surface area contributed by atoms with Crippen molar-refractivity contribution in [1.82, 2.24) is 20.1 Å². The SMILES string of the molecule is CC(C)CCC(=O)NN1C(=O)NC2(CCN(S(C)(=O)=O)CC2)C1=O. The van der Waals surface area contributed by atoms with Gasteiger partial charge in [0.1, 0.15) is 5.54 Å². The molecule has 10 heteroatoms. The van der Waals surface area contributed by atoms with Crippen LogP contribution < -0.4 is 10.7 Å². The van der Waals surface area contributed by atoms with Gasteiger partial charge in [-0.15, -0.1) is 0 Å². The Hall–Kier alpha value is -1.68. The molecule has 2 fully saturated rings. The summed E-state index contributed by atoms with van der Waals surface area (Å²) in [5, 5.41) is 3.33. The summed E-state index contributed by atoms with van der Waals surface area (Å²) in [6.07, 6.45) is 2.36. The van der Waals surface area contributed by atoms with Gasteiger partial charge < -0.3 is 5.32 Å². The molecule has 2 rings (SSSR count). The molecule has 9 nitrogen and oxygen atoms in total. The number of urea groups is 1. The van der Waals surface area contributed by atoms with Crippen LogP contribution in [0.2, 0.25) is 0 Å². The third-order valence-corrected chi connectivity index (χ3v) is 5.70. The van der Waals surface area contributed by atoms with Crippen molar-refractivity contribution in [3.8, 4) is 0 Å². The van der Waals surface area contributed by atoms with Gasteiger partial charge in [-0.2, -0.15) is 5.01 Å². The molecule has 2 aliphatic rings. The van der Waals surface area contributed by atoms with E-state index in [1.807, 2.05) is 13.8 Å². The van der Waals surface area contributed by atoms with Crippen molar-refractivity contribution >= 4 is 27.9 Å². The van der Waals surface area contributed by atoms with Crippen molar-refractivity contribution in [2.75, 3.05) is 19.3 Å². The molecular weight excluding hydrogens is 336 g/mol. The first-order valence-electron chi connectivity index (χ1n) is 7.96. The largest absolute Gasteiger partial charge is 0.344 e. The third-order valence-electron chi connectivity index (χ3n) is 4.39. The van der Waals surface area contributed by atoms with Crippen LogP contribution in [0, 0.1) is 5.92 Å². The number of hydrogen-bond acceptors (Lipinski definition) is 5. The third kappa shape index (κ3) is 3.86. The highest BCUT2D eigenvalue weighted by Crippen LogP contribution is 2.29. The van der Waals surface area contributed by atoms with Crippen molar-refractivity contribution in [1.29, 1.82) is 0 Å². The minimum atomic E-state index is -3.33. The van der Waals surface area contributed by atoms with Crippen LogP contribution in [0.5, 0.6) is 0 Å². The first kappa shape index (κ1) is 18.7. The van der Waals surface area contributed by atoms with Gasteiger partial charge in [-0.05, 0) is 25.2 Å². The molecule has 136 valence electrons. The molecule has 4 amide bonds. The van der Waals surface area contributed by atoms with Gasteiger partial charge in [0.15, 0.2) is 0 Å². The Morgan fingerprint density at radius 3 is 2.38 bits per heavy atom. The van der Waals surface area contributed by atoms with E-state index in [4.69, 9.17) is 0 Å². The van der Waals surface area contributed by atoms with E-state index < -0.39 is 33.4 Å². The maximum Gasteiger partial charge on any atom is 0.344 e. The lowest BCUT2D eigenvalue weighted by atomic mass is 9.88. The van der Waals surface area contributed by atoms with Crippen LogP contribution in [0.15, 0.2) is 0 Å². The van der Waals surface area contributed by atoms with E-state index in [1.165, 1.54) is 4.31 Å². The van der Waals surface area contributed by atoms with Crippen molar-refractivity contribution in [3.05, 3.63) is 0 Å². The zero-order valence-electron chi connectivity index (χ0n) is 14.2. The predicted molar refractivity (Wildman–Crippen MR) is 86.0 cm³/mol. The number of hydrazine groups is 1. The molecule has 24 heavy (non-hydrogen) atoms. The highest BCUT2D eigenvalue weighted by molar-refractivity contribution is 7.88. The fraction of sp³-hybridized carbons (Fsp3) is 0.786. The second-order valence-electron chi connectivity index (χ2n) is 6.78. The number of piperidine rings is 1. The Morgan fingerprint density at radius 1 is 1.29 bits per heavy atom. The molecule has 0 saturated carbocycles. The van der Waals surface area contributed by atoms with Crippen LogP contribution in [-0.2, 0) is 19.6 Å². The Kier molecular flexibility index (Phi) is 5.19.